The standard InChI is InChI=1S/C12H15N3O/c1-8-6-9(2)11(7-10(8)13)16-12-14-4-5-15(12)3/h4-7H,13H2,1-3H3. The largest absolute Gasteiger partial charge is 0.425 e. The van der Waals surface area contributed by atoms with Crippen LogP contribution in [0.25, 0.3) is 0 Å². The topological polar surface area (TPSA) is 53.1 Å². The van der Waals surface area contributed by atoms with Crippen LogP contribution in [-0.4, -0.2) is 9.55 Å². The maximum Gasteiger partial charge on any atom is 0.301 e. The normalized spacial score (nSPS) is 10.4. The van der Waals surface area contributed by atoms with Crippen LogP contribution in [0.3, 0.4) is 0 Å². The molecule has 4 nitrogen and oxygen atoms in total. The van der Waals surface area contributed by atoms with Crippen molar-refractivity contribution in [1.82, 2.24) is 9.55 Å². The third kappa shape index (κ3) is 1.86. The van der Waals surface area contributed by atoms with E-state index in [1.807, 2.05) is 43.8 Å². The molecule has 1 aromatic carbocycles. The Morgan fingerprint density at radius 3 is 2.62 bits per heavy atom. The van der Waals surface area contributed by atoms with E-state index in [4.69, 9.17) is 10.5 Å². The quantitative estimate of drug-likeness (QED) is 0.786. The van der Waals surface area contributed by atoms with Crippen LogP contribution in [0, 0.1) is 13.8 Å². The molecule has 0 fully saturated rings. The molecule has 16 heavy (non-hydrogen) atoms. The van der Waals surface area contributed by atoms with Crippen LogP contribution in [0.2, 0.25) is 0 Å². The second-order valence-corrected chi connectivity index (χ2v) is 3.90. The van der Waals surface area contributed by atoms with E-state index in [-0.39, 0.29) is 0 Å². The average molecular weight is 217 g/mol. The van der Waals surface area contributed by atoms with Crippen molar-refractivity contribution in [2.45, 2.75) is 13.8 Å². The third-order valence-corrected chi connectivity index (χ3v) is 2.54. The lowest BCUT2D eigenvalue weighted by atomic mass is 10.1. The van der Waals surface area contributed by atoms with Gasteiger partial charge in [-0.2, -0.15) is 0 Å². The molecule has 84 valence electrons. The van der Waals surface area contributed by atoms with E-state index in [0.29, 0.717) is 6.01 Å². The van der Waals surface area contributed by atoms with Gasteiger partial charge in [-0.05, 0) is 25.0 Å². The molecule has 0 radical (unpaired) electrons. The van der Waals surface area contributed by atoms with E-state index in [9.17, 15) is 0 Å². The summed E-state index contributed by atoms with van der Waals surface area (Å²) in [4.78, 5) is 4.10. The summed E-state index contributed by atoms with van der Waals surface area (Å²) in [7, 11) is 1.88. The Morgan fingerprint density at radius 1 is 1.25 bits per heavy atom. The molecule has 2 aromatic rings. The lowest BCUT2D eigenvalue weighted by molar-refractivity contribution is 0.422. The van der Waals surface area contributed by atoms with Crippen molar-refractivity contribution >= 4 is 5.69 Å². The number of nitrogens with zero attached hydrogens (tertiary/aromatic N) is 2. The Morgan fingerprint density at radius 2 is 2.00 bits per heavy atom. The number of aryl methyl sites for hydroxylation is 3. The second-order valence-electron chi connectivity index (χ2n) is 3.90. The predicted molar refractivity (Wildman–Crippen MR) is 63.6 cm³/mol. The maximum atomic E-state index is 5.85. The molecule has 0 aliphatic heterocycles. The summed E-state index contributed by atoms with van der Waals surface area (Å²) in [6.45, 7) is 3.97. The number of benzene rings is 1. The number of nitrogens with two attached hydrogens (primary N) is 1. The van der Waals surface area contributed by atoms with Gasteiger partial charge in [0.1, 0.15) is 5.75 Å². The van der Waals surface area contributed by atoms with Crippen molar-refractivity contribution in [3.05, 3.63) is 35.7 Å². The van der Waals surface area contributed by atoms with Gasteiger partial charge in [0.25, 0.3) is 0 Å². The van der Waals surface area contributed by atoms with Gasteiger partial charge in [0.05, 0.1) is 0 Å². The van der Waals surface area contributed by atoms with E-state index in [1.54, 1.807) is 6.20 Å². The summed E-state index contributed by atoms with van der Waals surface area (Å²) in [5, 5.41) is 0. The van der Waals surface area contributed by atoms with E-state index in [0.717, 1.165) is 22.6 Å². The molecule has 1 heterocycles. The van der Waals surface area contributed by atoms with Crippen molar-refractivity contribution < 1.29 is 4.74 Å². The lowest BCUT2D eigenvalue weighted by Gasteiger charge is -2.10. The van der Waals surface area contributed by atoms with E-state index >= 15 is 0 Å². The fourth-order valence-corrected chi connectivity index (χ4v) is 1.51. The first-order chi connectivity index (χ1) is 7.58. The number of hydrogen-bond acceptors (Lipinski definition) is 3. The summed E-state index contributed by atoms with van der Waals surface area (Å²) < 4.78 is 7.50. The van der Waals surface area contributed by atoms with Crippen molar-refractivity contribution in [2.75, 3.05) is 5.73 Å². The zero-order chi connectivity index (χ0) is 11.7. The van der Waals surface area contributed by atoms with Crippen LogP contribution in [-0.2, 0) is 7.05 Å². The number of rotatable bonds is 2. The van der Waals surface area contributed by atoms with Gasteiger partial charge < -0.3 is 15.0 Å². The summed E-state index contributed by atoms with van der Waals surface area (Å²) in [5.74, 6) is 0.748. The Hall–Kier alpha value is -1.97. The van der Waals surface area contributed by atoms with Gasteiger partial charge in [-0.1, -0.05) is 6.07 Å². The molecule has 4 heteroatoms. The smallest absolute Gasteiger partial charge is 0.301 e. The van der Waals surface area contributed by atoms with Gasteiger partial charge in [0.2, 0.25) is 0 Å². The van der Waals surface area contributed by atoms with Gasteiger partial charge in [-0.25, -0.2) is 4.98 Å². The molecule has 0 saturated heterocycles. The summed E-state index contributed by atoms with van der Waals surface area (Å²) in [6, 6.07) is 4.40. The highest BCUT2D eigenvalue weighted by Crippen LogP contribution is 2.27. The first-order valence-corrected chi connectivity index (χ1v) is 5.10. The number of nitrogen functional groups attached to an aromatic ring is 1. The van der Waals surface area contributed by atoms with Crippen molar-refractivity contribution in [3.63, 3.8) is 0 Å². The zero-order valence-electron chi connectivity index (χ0n) is 9.69. The number of imidazole rings is 1. The molecule has 0 spiro atoms. The van der Waals surface area contributed by atoms with Crippen LogP contribution < -0.4 is 10.5 Å². The molecule has 0 unspecified atom stereocenters. The molecule has 0 aliphatic carbocycles. The Kier molecular flexibility index (Phi) is 2.56. The lowest BCUT2D eigenvalue weighted by Crippen LogP contribution is -1.97. The predicted octanol–water partition coefficient (Wildman–Crippen LogP) is 2.41. The molecule has 0 saturated carbocycles. The van der Waals surface area contributed by atoms with Gasteiger partial charge in [-0.15, -0.1) is 0 Å². The molecule has 0 bridgehead atoms. The molecular formula is C12H15N3O. The van der Waals surface area contributed by atoms with E-state index in [2.05, 4.69) is 4.98 Å². The van der Waals surface area contributed by atoms with Gasteiger partial charge in [-0.3, -0.25) is 0 Å². The molecule has 0 aliphatic rings. The van der Waals surface area contributed by atoms with Crippen molar-refractivity contribution in [1.29, 1.82) is 0 Å². The van der Waals surface area contributed by atoms with Gasteiger partial charge >= 0.3 is 6.01 Å². The van der Waals surface area contributed by atoms with E-state index in [1.165, 1.54) is 0 Å². The molecule has 0 atom stereocenters. The molecule has 2 rings (SSSR count). The fourth-order valence-electron chi connectivity index (χ4n) is 1.51. The van der Waals surface area contributed by atoms with Crippen molar-refractivity contribution in [3.8, 4) is 11.8 Å². The first kappa shape index (κ1) is 10.5. The highest BCUT2D eigenvalue weighted by molar-refractivity contribution is 5.54. The van der Waals surface area contributed by atoms with Crippen LogP contribution in [0.5, 0.6) is 11.8 Å². The van der Waals surface area contributed by atoms with Gasteiger partial charge in [0.15, 0.2) is 0 Å². The fraction of sp³-hybridized carbons (Fsp3) is 0.250. The zero-order valence-corrected chi connectivity index (χ0v) is 9.69. The minimum atomic E-state index is 0.561. The number of hydrogen-bond donors (Lipinski definition) is 1. The number of anilines is 1. The Labute approximate surface area is 94.7 Å². The van der Waals surface area contributed by atoms with Crippen LogP contribution in [0.4, 0.5) is 5.69 Å². The molecule has 0 amide bonds. The van der Waals surface area contributed by atoms with Crippen LogP contribution >= 0.6 is 0 Å². The van der Waals surface area contributed by atoms with E-state index < -0.39 is 0 Å². The minimum absolute atomic E-state index is 0.561. The SMILES string of the molecule is Cc1cc(C)c(Oc2nccn2C)cc1N. The van der Waals surface area contributed by atoms with Crippen LogP contribution in [0.1, 0.15) is 11.1 Å². The highest BCUT2D eigenvalue weighted by Gasteiger charge is 2.07. The Balaban J connectivity index is 2.35. The minimum Gasteiger partial charge on any atom is -0.425 e. The maximum absolute atomic E-state index is 5.85. The highest BCUT2D eigenvalue weighted by atomic mass is 16.5. The van der Waals surface area contributed by atoms with Gasteiger partial charge in [0, 0.05) is 31.2 Å². The first-order valence-electron chi connectivity index (χ1n) is 5.10. The average Bonchev–Trinajstić information content (AvgIpc) is 2.61. The summed E-state index contributed by atoms with van der Waals surface area (Å²) in [6.07, 6.45) is 3.53. The second kappa shape index (κ2) is 3.89. The summed E-state index contributed by atoms with van der Waals surface area (Å²) in [5.41, 5.74) is 8.69. The number of aromatic nitrogens is 2. The molecule has 2 N–H and O–H groups in total. The Bertz CT molecular complexity index is 517. The summed E-state index contributed by atoms with van der Waals surface area (Å²) >= 11 is 0. The van der Waals surface area contributed by atoms with Crippen molar-refractivity contribution in [2.24, 2.45) is 7.05 Å². The molecule has 1 aromatic heterocycles. The third-order valence-electron chi connectivity index (χ3n) is 2.54. The number of ether oxygens (including phenoxy) is 1. The van der Waals surface area contributed by atoms with Crippen LogP contribution in [0.15, 0.2) is 24.5 Å². The monoisotopic (exact) mass is 217 g/mol. The molecular weight excluding hydrogens is 202 g/mol.